The Morgan fingerprint density at radius 1 is 0.781 bits per heavy atom. The van der Waals surface area contributed by atoms with E-state index in [1.165, 1.54) is 56.5 Å². The van der Waals surface area contributed by atoms with Crippen LogP contribution in [0.1, 0.15) is 177 Å². The molecule has 8 heteroatoms. The third kappa shape index (κ3) is 7.14. The molecule has 1 aromatic rings. The number of nitrogens with zero attached hydrogens (tertiary/aromatic N) is 3. The van der Waals surface area contributed by atoms with Crippen molar-refractivity contribution in [2.24, 2.45) is 73.9 Å². The van der Waals surface area contributed by atoms with Crippen LogP contribution >= 0.6 is 0 Å². The molecule has 0 N–H and O–H groups in total. The highest BCUT2D eigenvalue weighted by molar-refractivity contribution is 5.85. The summed E-state index contributed by atoms with van der Waals surface area (Å²) in [5.41, 5.74) is 2.26. The number of carbonyl (C=O) groups excluding carboxylic acids is 3. The molecule has 6 saturated carbocycles. The molecule has 0 unspecified atom stereocenters. The Morgan fingerprint density at radius 2 is 1.53 bits per heavy atom. The van der Waals surface area contributed by atoms with Gasteiger partial charge in [0.2, 0.25) is 5.91 Å². The lowest BCUT2D eigenvalue weighted by Crippen LogP contribution is -2.67. The van der Waals surface area contributed by atoms with Crippen LogP contribution in [0.4, 0.5) is 0 Å². The summed E-state index contributed by atoms with van der Waals surface area (Å²) in [6, 6.07) is 4.79. The Bertz CT molecular complexity index is 1950. The molecule has 0 spiro atoms. The fourth-order valence-electron chi connectivity index (χ4n) is 17.8. The Kier molecular flexibility index (Phi) is 12.3. The van der Waals surface area contributed by atoms with Crippen LogP contribution in [-0.4, -0.2) is 70.6 Å². The topological polar surface area (TPSA) is 81.1 Å². The highest BCUT2D eigenvalue weighted by Gasteiger charge is 2.72. The van der Waals surface area contributed by atoms with Crippen LogP contribution in [0.3, 0.4) is 0 Å². The molecule has 64 heavy (non-hydrogen) atoms. The first kappa shape index (κ1) is 46.5. The maximum atomic E-state index is 15.7. The lowest BCUT2D eigenvalue weighted by molar-refractivity contribution is -0.251. The molecule has 1 amide bonds. The van der Waals surface area contributed by atoms with Crippen molar-refractivity contribution in [2.45, 2.75) is 197 Å². The molecule has 0 radical (unpaired) electrons. The molecule has 8 fully saturated rings. The standard InChI is InChI=1S/C56H87N3O5/c1-11-12-33-63-48(60)42-34-43(51(42,4)5)49(61)64-46-23-24-53(8)44(52(46,6)7)22-25-55(10)45(53)20-19-41-47-40(37(2)3)21-26-56(47,28-27-54(41,55)9)50(62)59-32-16-18-39(59)36-58-31-15-17-38(58)35-57-29-13-14-30-57/h15,17,31,39-47H,2,11-14,16,18-30,32-36H2,1,3-10H3/t39-,40-,41+,42-,43+,44-,45+,46-,47+,53-,54+,55+,56-/m0/s1. The molecule has 2 aliphatic heterocycles. The van der Waals surface area contributed by atoms with E-state index in [9.17, 15) is 9.59 Å². The first-order valence-electron chi connectivity index (χ1n) is 26.5. The maximum Gasteiger partial charge on any atom is 0.309 e. The summed E-state index contributed by atoms with van der Waals surface area (Å²) in [6.07, 6.45) is 20.4. The molecule has 2 saturated heterocycles. The number of aromatic nitrogens is 1. The monoisotopic (exact) mass is 882 g/mol. The van der Waals surface area contributed by atoms with Crippen LogP contribution in [0, 0.1) is 73.9 Å². The zero-order valence-electron chi connectivity index (χ0n) is 41.8. The maximum absolute atomic E-state index is 15.7. The number of esters is 2. The number of hydrogen-bond acceptors (Lipinski definition) is 6. The predicted octanol–water partition coefficient (Wildman–Crippen LogP) is 11.6. The van der Waals surface area contributed by atoms with Gasteiger partial charge in [0, 0.05) is 43.0 Å². The number of amides is 1. The summed E-state index contributed by atoms with van der Waals surface area (Å²) >= 11 is 0. The van der Waals surface area contributed by atoms with Crippen molar-refractivity contribution < 1.29 is 23.9 Å². The number of carbonyl (C=O) groups is 3. The first-order chi connectivity index (χ1) is 30.3. The fraction of sp³-hybridized carbons (Fsp3) is 0.839. The van der Waals surface area contributed by atoms with Crippen molar-refractivity contribution in [1.29, 1.82) is 0 Å². The molecular weight excluding hydrogens is 795 g/mol. The second-order valence-electron chi connectivity index (χ2n) is 25.2. The lowest BCUT2D eigenvalue weighted by atomic mass is 9.32. The summed E-state index contributed by atoms with van der Waals surface area (Å²) in [4.78, 5) is 47.6. The molecule has 356 valence electrons. The summed E-state index contributed by atoms with van der Waals surface area (Å²) in [6.45, 7) is 31.6. The van der Waals surface area contributed by atoms with E-state index in [2.05, 4.69) is 87.7 Å². The zero-order chi connectivity index (χ0) is 45.6. The number of likely N-dealkylation sites (tertiary alicyclic amines) is 2. The predicted molar refractivity (Wildman–Crippen MR) is 254 cm³/mol. The molecule has 9 rings (SSSR count). The largest absolute Gasteiger partial charge is 0.465 e. The van der Waals surface area contributed by atoms with Crippen molar-refractivity contribution in [3.63, 3.8) is 0 Å². The van der Waals surface area contributed by atoms with Crippen LogP contribution in [0.25, 0.3) is 0 Å². The summed E-state index contributed by atoms with van der Waals surface area (Å²) in [5, 5.41) is 0. The SMILES string of the molecule is C=C(C)[C@@H]1CC[C@]2(C(=O)N3CCC[C@H]3Cn3cccc3CN3CCCC3)CC[C@]3(C)[C@H](CC[C@@H]4[C@@]5(C)CC[C@H](OC(=O)[C@H]6C[C@@H](C(=O)OCCCC)C6(C)C)C(C)(C)[C@@H]5CC[C@]43C)[C@@H]12. The van der Waals surface area contributed by atoms with Crippen molar-refractivity contribution in [1.82, 2.24) is 14.4 Å². The number of rotatable bonds is 12. The minimum atomic E-state index is -0.463. The Labute approximate surface area is 387 Å². The van der Waals surface area contributed by atoms with Crippen LogP contribution in [0.2, 0.25) is 0 Å². The van der Waals surface area contributed by atoms with Crippen molar-refractivity contribution in [3.8, 4) is 0 Å². The van der Waals surface area contributed by atoms with E-state index in [4.69, 9.17) is 9.47 Å². The van der Waals surface area contributed by atoms with Gasteiger partial charge < -0.3 is 18.9 Å². The summed E-state index contributed by atoms with van der Waals surface area (Å²) in [7, 11) is 0. The number of ether oxygens (including phenoxy) is 2. The molecule has 0 aromatic carbocycles. The minimum Gasteiger partial charge on any atom is -0.465 e. The van der Waals surface area contributed by atoms with Gasteiger partial charge in [-0.3, -0.25) is 19.3 Å². The van der Waals surface area contributed by atoms with Gasteiger partial charge in [0.05, 0.1) is 23.9 Å². The van der Waals surface area contributed by atoms with E-state index in [0.717, 1.165) is 90.3 Å². The van der Waals surface area contributed by atoms with E-state index in [1.807, 2.05) is 13.8 Å². The molecule has 8 aliphatic rings. The highest BCUT2D eigenvalue weighted by atomic mass is 16.5. The highest BCUT2D eigenvalue weighted by Crippen LogP contribution is 2.78. The normalized spacial score (nSPS) is 42.1. The van der Waals surface area contributed by atoms with E-state index in [1.54, 1.807) is 0 Å². The average molecular weight is 882 g/mol. The third-order valence-corrected chi connectivity index (χ3v) is 21.8. The molecule has 3 heterocycles. The van der Waals surface area contributed by atoms with Gasteiger partial charge in [0.25, 0.3) is 0 Å². The summed E-state index contributed by atoms with van der Waals surface area (Å²) in [5.74, 6) is 2.02. The van der Waals surface area contributed by atoms with Crippen molar-refractivity contribution >= 4 is 17.8 Å². The second-order valence-corrected chi connectivity index (χ2v) is 25.2. The van der Waals surface area contributed by atoms with Gasteiger partial charge >= 0.3 is 11.9 Å². The summed E-state index contributed by atoms with van der Waals surface area (Å²) < 4.78 is 14.7. The van der Waals surface area contributed by atoms with Crippen LogP contribution in [0.5, 0.6) is 0 Å². The molecule has 6 aliphatic carbocycles. The molecule has 1 aromatic heterocycles. The Balaban J connectivity index is 0.913. The van der Waals surface area contributed by atoms with E-state index >= 15 is 4.79 Å². The van der Waals surface area contributed by atoms with E-state index < -0.39 is 5.41 Å². The van der Waals surface area contributed by atoms with Gasteiger partial charge in [0.15, 0.2) is 0 Å². The second kappa shape index (κ2) is 16.9. The molecule has 13 atom stereocenters. The molecule has 0 bridgehead atoms. The number of fused-ring (bicyclic) bond motifs is 7. The van der Waals surface area contributed by atoms with Gasteiger partial charge in [-0.05, 0) is 186 Å². The number of unbranched alkanes of at least 4 members (excludes halogenated alkanes) is 1. The third-order valence-electron chi connectivity index (χ3n) is 21.8. The quantitative estimate of drug-likeness (QED) is 0.118. The lowest BCUT2D eigenvalue weighted by Gasteiger charge is -2.73. The smallest absolute Gasteiger partial charge is 0.309 e. The van der Waals surface area contributed by atoms with Gasteiger partial charge in [-0.25, -0.2) is 0 Å². The van der Waals surface area contributed by atoms with Gasteiger partial charge in [-0.2, -0.15) is 0 Å². The molecular formula is C56H87N3O5. The fourth-order valence-corrected chi connectivity index (χ4v) is 17.8. The Hall–Kier alpha value is -2.61. The van der Waals surface area contributed by atoms with Crippen LogP contribution < -0.4 is 0 Å². The molecule has 8 nitrogen and oxygen atoms in total. The van der Waals surface area contributed by atoms with Crippen molar-refractivity contribution in [2.75, 3.05) is 26.2 Å². The van der Waals surface area contributed by atoms with Gasteiger partial charge in [-0.15, -0.1) is 0 Å². The van der Waals surface area contributed by atoms with Crippen LogP contribution in [-0.2, 0) is 36.9 Å². The van der Waals surface area contributed by atoms with E-state index in [0.29, 0.717) is 48.5 Å². The number of allylic oxidation sites excluding steroid dienone is 1. The van der Waals surface area contributed by atoms with E-state index in [-0.39, 0.29) is 63.0 Å². The Morgan fingerprint density at radius 3 is 2.25 bits per heavy atom. The first-order valence-corrected chi connectivity index (χ1v) is 26.5. The minimum absolute atomic E-state index is 0.117. The average Bonchev–Trinajstić information content (AvgIpc) is 4.08. The number of hydrogen-bond donors (Lipinski definition) is 0. The van der Waals surface area contributed by atoms with Crippen molar-refractivity contribution in [3.05, 3.63) is 36.2 Å². The van der Waals surface area contributed by atoms with Gasteiger partial charge in [0.1, 0.15) is 6.10 Å². The van der Waals surface area contributed by atoms with Gasteiger partial charge in [-0.1, -0.05) is 74.0 Å². The zero-order valence-corrected chi connectivity index (χ0v) is 41.8. The van der Waals surface area contributed by atoms with Crippen LogP contribution in [0.15, 0.2) is 30.5 Å².